The van der Waals surface area contributed by atoms with Gasteiger partial charge in [0.05, 0.1) is 18.4 Å². The second kappa shape index (κ2) is 9.00. The van der Waals surface area contributed by atoms with Crippen LogP contribution < -0.4 is 15.7 Å². The molecule has 0 aromatic carbocycles. The maximum absolute atomic E-state index is 12.8. The number of ether oxygens (including phenoxy) is 2. The van der Waals surface area contributed by atoms with Crippen LogP contribution in [-0.2, 0) is 4.74 Å². The monoisotopic (exact) mass is 412 g/mol. The van der Waals surface area contributed by atoms with Gasteiger partial charge in [-0.1, -0.05) is 0 Å². The zero-order valence-corrected chi connectivity index (χ0v) is 17.5. The molecule has 2 aliphatic rings. The van der Waals surface area contributed by atoms with E-state index < -0.39 is 5.63 Å². The van der Waals surface area contributed by atoms with Crippen LogP contribution in [0.25, 0.3) is 0 Å². The van der Waals surface area contributed by atoms with Crippen molar-refractivity contribution in [2.45, 2.75) is 64.0 Å². The van der Waals surface area contributed by atoms with Gasteiger partial charge in [-0.2, -0.15) is 0 Å². The number of nitrogens with zero attached hydrogens (tertiary/aromatic N) is 1. The SMILES string of the molecule is Cc1cc(C2CCOC2)oc(=O)c1C(=O)NC1CCC(Oc2cccnc2C)CC1. The van der Waals surface area contributed by atoms with E-state index in [1.54, 1.807) is 19.2 Å². The Morgan fingerprint density at radius 2 is 2.00 bits per heavy atom. The molecule has 7 nitrogen and oxygen atoms in total. The van der Waals surface area contributed by atoms with E-state index in [2.05, 4.69) is 10.3 Å². The maximum Gasteiger partial charge on any atom is 0.349 e. The van der Waals surface area contributed by atoms with Gasteiger partial charge in [0, 0.05) is 24.8 Å². The lowest BCUT2D eigenvalue weighted by Gasteiger charge is -2.29. The summed E-state index contributed by atoms with van der Waals surface area (Å²) in [7, 11) is 0. The van der Waals surface area contributed by atoms with Crippen LogP contribution >= 0.6 is 0 Å². The van der Waals surface area contributed by atoms with E-state index in [9.17, 15) is 9.59 Å². The fourth-order valence-corrected chi connectivity index (χ4v) is 4.22. The van der Waals surface area contributed by atoms with Gasteiger partial charge >= 0.3 is 5.63 Å². The van der Waals surface area contributed by atoms with E-state index in [1.165, 1.54) is 0 Å². The second-order valence-corrected chi connectivity index (χ2v) is 8.21. The fraction of sp³-hybridized carbons (Fsp3) is 0.522. The number of hydrogen-bond acceptors (Lipinski definition) is 6. The summed E-state index contributed by atoms with van der Waals surface area (Å²) < 4.78 is 16.9. The van der Waals surface area contributed by atoms with Gasteiger partial charge in [-0.15, -0.1) is 0 Å². The average Bonchev–Trinajstić information content (AvgIpc) is 3.25. The van der Waals surface area contributed by atoms with Crippen LogP contribution in [0.2, 0.25) is 0 Å². The number of pyridine rings is 1. The molecule has 1 saturated heterocycles. The van der Waals surface area contributed by atoms with Gasteiger partial charge in [0.1, 0.15) is 17.1 Å². The number of carbonyl (C=O) groups excluding carboxylic acids is 1. The van der Waals surface area contributed by atoms with Crippen molar-refractivity contribution in [1.82, 2.24) is 10.3 Å². The molecule has 1 aliphatic carbocycles. The molecule has 2 fully saturated rings. The summed E-state index contributed by atoms with van der Waals surface area (Å²) in [6, 6.07) is 5.62. The highest BCUT2D eigenvalue weighted by molar-refractivity contribution is 5.95. The smallest absolute Gasteiger partial charge is 0.349 e. The molecule has 0 bridgehead atoms. The number of aryl methyl sites for hydroxylation is 2. The van der Waals surface area contributed by atoms with Crippen molar-refractivity contribution in [1.29, 1.82) is 0 Å². The molecule has 0 radical (unpaired) electrons. The van der Waals surface area contributed by atoms with Gasteiger partial charge in [0.25, 0.3) is 5.91 Å². The minimum atomic E-state index is -0.571. The summed E-state index contributed by atoms with van der Waals surface area (Å²) >= 11 is 0. The summed E-state index contributed by atoms with van der Waals surface area (Å²) in [5.41, 5.74) is 1.05. The molecule has 1 amide bonds. The summed E-state index contributed by atoms with van der Waals surface area (Å²) in [5, 5.41) is 3.01. The van der Waals surface area contributed by atoms with Crippen LogP contribution in [0.3, 0.4) is 0 Å². The Morgan fingerprint density at radius 3 is 2.67 bits per heavy atom. The van der Waals surface area contributed by atoms with Crippen LogP contribution in [0.1, 0.15) is 65.4 Å². The molecule has 160 valence electrons. The standard InChI is InChI=1S/C23H28N2O5/c1-14-12-20(16-9-11-28-13-16)30-23(27)21(14)22(26)25-17-5-7-18(8-6-17)29-19-4-3-10-24-15(19)2/h3-4,10,12,16-18H,5-9,11,13H2,1-2H3,(H,25,26). The second-order valence-electron chi connectivity index (χ2n) is 8.21. The van der Waals surface area contributed by atoms with Gasteiger partial charge in [-0.3, -0.25) is 9.78 Å². The summed E-state index contributed by atoms with van der Waals surface area (Å²) in [6.07, 6.45) is 5.98. The molecule has 0 spiro atoms. The molecule has 3 heterocycles. The van der Waals surface area contributed by atoms with E-state index in [-0.39, 0.29) is 29.5 Å². The van der Waals surface area contributed by atoms with Crippen molar-refractivity contribution in [3.05, 3.63) is 57.4 Å². The van der Waals surface area contributed by atoms with Gasteiger partial charge in [-0.05, 0) is 69.7 Å². The molecule has 1 atom stereocenters. The van der Waals surface area contributed by atoms with Gasteiger partial charge in [0.2, 0.25) is 0 Å². The molecule has 2 aromatic heterocycles. The van der Waals surface area contributed by atoms with E-state index >= 15 is 0 Å². The number of hydrogen-bond donors (Lipinski definition) is 1. The first-order chi connectivity index (χ1) is 14.5. The first-order valence-electron chi connectivity index (χ1n) is 10.6. The number of carbonyl (C=O) groups is 1. The van der Waals surface area contributed by atoms with E-state index in [1.807, 2.05) is 19.1 Å². The largest absolute Gasteiger partial charge is 0.489 e. The van der Waals surface area contributed by atoms with Crippen LogP contribution in [0.5, 0.6) is 5.75 Å². The van der Waals surface area contributed by atoms with Crippen molar-refractivity contribution < 1.29 is 18.7 Å². The van der Waals surface area contributed by atoms with Crippen molar-refractivity contribution >= 4 is 5.91 Å². The molecular weight excluding hydrogens is 384 g/mol. The van der Waals surface area contributed by atoms with E-state index in [0.29, 0.717) is 24.5 Å². The van der Waals surface area contributed by atoms with Crippen LogP contribution in [0.4, 0.5) is 0 Å². The molecule has 2 aromatic rings. The number of aromatic nitrogens is 1. The predicted octanol–water partition coefficient (Wildman–Crippen LogP) is 3.28. The van der Waals surface area contributed by atoms with E-state index in [0.717, 1.165) is 43.5 Å². The Labute approximate surface area is 175 Å². The summed E-state index contributed by atoms with van der Waals surface area (Å²) in [4.78, 5) is 29.5. The third-order valence-electron chi connectivity index (χ3n) is 5.99. The molecule has 30 heavy (non-hydrogen) atoms. The minimum Gasteiger partial charge on any atom is -0.489 e. The molecule has 1 saturated carbocycles. The Morgan fingerprint density at radius 1 is 1.20 bits per heavy atom. The fourth-order valence-electron chi connectivity index (χ4n) is 4.22. The Bertz CT molecular complexity index is 956. The molecular formula is C23H28N2O5. The highest BCUT2D eigenvalue weighted by Gasteiger charge is 2.27. The van der Waals surface area contributed by atoms with Crippen molar-refractivity contribution in [2.75, 3.05) is 13.2 Å². The first kappa shape index (κ1) is 20.6. The van der Waals surface area contributed by atoms with Crippen molar-refractivity contribution in [3.8, 4) is 5.75 Å². The molecule has 1 aliphatic heterocycles. The van der Waals surface area contributed by atoms with Gasteiger partial charge in [0.15, 0.2) is 0 Å². The maximum atomic E-state index is 12.8. The highest BCUT2D eigenvalue weighted by atomic mass is 16.5. The summed E-state index contributed by atoms with van der Waals surface area (Å²) in [5.74, 6) is 1.15. The third-order valence-corrected chi connectivity index (χ3v) is 5.99. The van der Waals surface area contributed by atoms with E-state index in [4.69, 9.17) is 13.9 Å². The lowest BCUT2D eigenvalue weighted by molar-refractivity contribution is 0.0888. The minimum absolute atomic E-state index is 0.0223. The van der Waals surface area contributed by atoms with Gasteiger partial charge < -0.3 is 19.2 Å². The average molecular weight is 412 g/mol. The molecule has 1 N–H and O–H groups in total. The zero-order valence-electron chi connectivity index (χ0n) is 17.5. The topological polar surface area (TPSA) is 90.7 Å². The predicted molar refractivity (Wildman–Crippen MR) is 111 cm³/mol. The highest BCUT2D eigenvalue weighted by Crippen LogP contribution is 2.27. The van der Waals surface area contributed by atoms with Crippen molar-refractivity contribution in [3.63, 3.8) is 0 Å². The van der Waals surface area contributed by atoms with Crippen LogP contribution in [-0.4, -0.2) is 36.3 Å². The quantitative estimate of drug-likeness (QED) is 0.811. The third kappa shape index (κ3) is 4.56. The molecule has 7 heteroatoms. The summed E-state index contributed by atoms with van der Waals surface area (Å²) in [6.45, 7) is 4.94. The number of amides is 1. The van der Waals surface area contributed by atoms with Crippen molar-refractivity contribution in [2.24, 2.45) is 0 Å². The lowest BCUT2D eigenvalue weighted by Crippen LogP contribution is -2.41. The van der Waals surface area contributed by atoms with Gasteiger partial charge in [-0.25, -0.2) is 4.79 Å². The first-order valence-corrected chi connectivity index (χ1v) is 10.6. The Hall–Kier alpha value is -2.67. The van der Waals surface area contributed by atoms with Crippen LogP contribution in [0.15, 0.2) is 33.6 Å². The number of rotatable bonds is 5. The zero-order chi connectivity index (χ0) is 21.1. The molecule has 1 unspecified atom stereocenters. The number of nitrogens with one attached hydrogen (secondary N) is 1. The molecule has 4 rings (SSSR count). The normalized spacial score (nSPS) is 23.9. The Kier molecular flexibility index (Phi) is 6.18. The lowest BCUT2D eigenvalue weighted by atomic mass is 9.92. The Balaban J connectivity index is 1.35. The van der Waals surface area contributed by atoms with Crippen LogP contribution in [0, 0.1) is 13.8 Å².